The largest absolute Gasteiger partial charge is 0.573 e. The monoisotopic (exact) mass is 321 g/mol. The summed E-state index contributed by atoms with van der Waals surface area (Å²) in [5.41, 5.74) is 8.61. The number of ether oxygens (including phenoxy) is 1. The third kappa shape index (κ3) is 3.44. The standard InChI is InChI=1S/C18H18F3NO/c1-17(9-8-12-10-15(22)5-2-13(12)11-17)14-3-6-16(7-4-14)23-18(19,20)21/h3-10,13H,2,11,22H2,1H3. The summed E-state index contributed by atoms with van der Waals surface area (Å²) in [6, 6.07) is 6.14. The Morgan fingerprint density at radius 2 is 1.91 bits per heavy atom. The molecule has 0 fully saturated rings. The van der Waals surface area contributed by atoms with Gasteiger partial charge in [0.15, 0.2) is 0 Å². The third-order valence-electron chi connectivity index (χ3n) is 4.50. The molecule has 2 N–H and O–H groups in total. The molecule has 5 heteroatoms. The summed E-state index contributed by atoms with van der Waals surface area (Å²) in [4.78, 5) is 0. The van der Waals surface area contributed by atoms with Crippen molar-refractivity contribution in [3.05, 3.63) is 65.4 Å². The van der Waals surface area contributed by atoms with Gasteiger partial charge >= 0.3 is 6.36 Å². The van der Waals surface area contributed by atoms with Gasteiger partial charge in [-0.05, 0) is 48.1 Å². The zero-order valence-electron chi connectivity index (χ0n) is 12.7. The number of halogens is 3. The van der Waals surface area contributed by atoms with Gasteiger partial charge in [0.25, 0.3) is 0 Å². The van der Waals surface area contributed by atoms with E-state index in [0.29, 0.717) is 5.92 Å². The average Bonchev–Trinajstić information content (AvgIpc) is 2.47. The molecular formula is C18H18F3NO. The van der Waals surface area contributed by atoms with E-state index >= 15 is 0 Å². The molecule has 0 saturated carbocycles. The van der Waals surface area contributed by atoms with E-state index in [-0.39, 0.29) is 11.2 Å². The second kappa shape index (κ2) is 5.48. The van der Waals surface area contributed by atoms with Crippen LogP contribution < -0.4 is 10.5 Å². The van der Waals surface area contributed by atoms with Gasteiger partial charge in [0.05, 0.1) is 0 Å². The molecule has 2 nitrogen and oxygen atoms in total. The molecule has 0 amide bonds. The van der Waals surface area contributed by atoms with E-state index in [9.17, 15) is 13.2 Å². The van der Waals surface area contributed by atoms with E-state index < -0.39 is 6.36 Å². The molecule has 122 valence electrons. The van der Waals surface area contributed by atoms with Gasteiger partial charge in [0.1, 0.15) is 5.75 Å². The summed E-state index contributed by atoms with van der Waals surface area (Å²) in [6.45, 7) is 2.10. The molecule has 0 radical (unpaired) electrons. The van der Waals surface area contributed by atoms with Gasteiger partial charge in [-0.15, -0.1) is 13.2 Å². The van der Waals surface area contributed by atoms with Crippen molar-refractivity contribution in [1.82, 2.24) is 0 Å². The van der Waals surface area contributed by atoms with E-state index in [2.05, 4.69) is 23.8 Å². The van der Waals surface area contributed by atoms with Crippen LogP contribution in [0.25, 0.3) is 0 Å². The van der Waals surface area contributed by atoms with Crippen molar-refractivity contribution in [1.29, 1.82) is 0 Å². The highest BCUT2D eigenvalue weighted by Crippen LogP contribution is 2.43. The lowest BCUT2D eigenvalue weighted by atomic mass is 9.68. The molecule has 23 heavy (non-hydrogen) atoms. The number of hydrogen-bond acceptors (Lipinski definition) is 2. The average molecular weight is 321 g/mol. The highest BCUT2D eigenvalue weighted by atomic mass is 19.4. The van der Waals surface area contributed by atoms with Crippen LogP contribution in [0.2, 0.25) is 0 Å². The molecule has 2 aliphatic carbocycles. The summed E-state index contributed by atoms with van der Waals surface area (Å²) in [6.07, 6.45) is 5.33. The Bertz CT molecular complexity index is 685. The van der Waals surface area contributed by atoms with E-state index in [1.54, 1.807) is 12.1 Å². The second-order valence-corrected chi connectivity index (χ2v) is 6.31. The molecule has 2 atom stereocenters. The van der Waals surface area contributed by atoms with Crippen molar-refractivity contribution in [3.8, 4) is 5.75 Å². The molecule has 0 spiro atoms. The Balaban J connectivity index is 1.82. The van der Waals surface area contributed by atoms with Crippen molar-refractivity contribution in [3.63, 3.8) is 0 Å². The number of rotatable bonds is 2. The number of fused-ring (bicyclic) bond motifs is 1. The molecule has 3 rings (SSSR count). The predicted molar refractivity (Wildman–Crippen MR) is 82.7 cm³/mol. The lowest BCUT2D eigenvalue weighted by Gasteiger charge is -2.37. The SMILES string of the molecule is CC1(c2ccc(OC(F)(F)F)cc2)C=CC2=CC(N)=CCC2C1. The lowest BCUT2D eigenvalue weighted by molar-refractivity contribution is -0.274. The summed E-state index contributed by atoms with van der Waals surface area (Å²) < 4.78 is 40.6. The summed E-state index contributed by atoms with van der Waals surface area (Å²) in [7, 11) is 0. The maximum absolute atomic E-state index is 12.2. The van der Waals surface area contributed by atoms with Gasteiger partial charge in [0.2, 0.25) is 0 Å². The van der Waals surface area contributed by atoms with Gasteiger partial charge in [-0.1, -0.05) is 37.3 Å². The van der Waals surface area contributed by atoms with Crippen molar-refractivity contribution in [2.45, 2.75) is 31.5 Å². The van der Waals surface area contributed by atoms with E-state index in [1.165, 1.54) is 17.7 Å². The van der Waals surface area contributed by atoms with Crippen LogP contribution in [0.15, 0.2) is 59.8 Å². The Hall–Kier alpha value is -2.17. The third-order valence-corrected chi connectivity index (χ3v) is 4.50. The highest BCUT2D eigenvalue weighted by Gasteiger charge is 2.34. The summed E-state index contributed by atoms with van der Waals surface area (Å²) >= 11 is 0. The smallest absolute Gasteiger partial charge is 0.406 e. The first kappa shape index (κ1) is 15.7. The quantitative estimate of drug-likeness (QED) is 0.864. The van der Waals surface area contributed by atoms with Gasteiger partial charge < -0.3 is 10.5 Å². The number of hydrogen-bond donors (Lipinski definition) is 1. The van der Waals surface area contributed by atoms with E-state index in [0.717, 1.165) is 24.1 Å². The molecule has 2 aliphatic rings. The second-order valence-electron chi connectivity index (χ2n) is 6.31. The zero-order chi connectivity index (χ0) is 16.7. The Morgan fingerprint density at radius 3 is 2.57 bits per heavy atom. The van der Waals surface area contributed by atoms with Crippen LogP contribution in [0.3, 0.4) is 0 Å². The maximum Gasteiger partial charge on any atom is 0.573 e. The first-order valence-electron chi connectivity index (χ1n) is 7.48. The Labute approximate surface area is 133 Å². The number of benzene rings is 1. The Morgan fingerprint density at radius 1 is 1.22 bits per heavy atom. The van der Waals surface area contributed by atoms with Crippen molar-refractivity contribution in [2.24, 2.45) is 11.7 Å². The Kier molecular flexibility index (Phi) is 3.74. The molecule has 0 bridgehead atoms. The van der Waals surface area contributed by atoms with Gasteiger partial charge in [0, 0.05) is 11.1 Å². The maximum atomic E-state index is 12.2. The fraction of sp³-hybridized carbons (Fsp3) is 0.333. The molecule has 2 unspecified atom stereocenters. The topological polar surface area (TPSA) is 35.2 Å². The minimum atomic E-state index is -4.66. The first-order valence-corrected chi connectivity index (χ1v) is 7.48. The van der Waals surface area contributed by atoms with Crippen LogP contribution >= 0.6 is 0 Å². The minimum absolute atomic E-state index is 0.196. The van der Waals surface area contributed by atoms with Crippen LogP contribution in [0.5, 0.6) is 5.75 Å². The molecule has 1 aromatic rings. The van der Waals surface area contributed by atoms with Gasteiger partial charge in [-0.2, -0.15) is 0 Å². The minimum Gasteiger partial charge on any atom is -0.406 e. The van der Waals surface area contributed by atoms with Gasteiger partial charge in [-0.3, -0.25) is 0 Å². The van der Waals surface area contributed by atoms with Crippen LogP contribution in [0.4, 0.5) is 13.2 Å². The van der Waals surface area contributed by atoms with E-state index in [4.69, 9.17) is 5.73 Å². The number of alkyl halides is 3. The number of nitrogens with two attached hydrogens (primary N) is 1. The zero-order valence-corrected chi connectivity index (χ0v) is 12.7. The van der Waals surface area contributed by atoms with Crippen molar-refractivity contribution >= 4 is 0 Å². The summed E-state index contributed by atoms with van der Waals surface area (Å²) in [5.74, 6) is 0.196. The summed E-state index contributed by atoms with van der Waals surface area (Å²) in [5, 5.41) is 0. The predicted octanol–water partition coefficient (Wildman–Crippen LogP) is 4.59. The lowest BCUT2D eigenvalue weighted by Crippen LogP contribution is -2.28. The van der Waals surface area contributed by atoms with E-state index in [1.807, 2.05) is 12.2 Å². The van der Waals surface area contributed by atoms with Gasteiger partial charge in [-0.25, -0.2) is 0 Å². The van der Waals surface area contributed by atoms with Crippen LogP contribution in [0, 0.1) is 5.92 Å². The van der Waals surface area contributed by atoms with Crippen molar-refractivity contribution in [2.75, 3.05) is 0 Å². The first-order chi connectivity index (χ1) is 10.8. The fourth-order valence-electron chi connectivity index (χ4n) is 3.28. The molecule has 0 aliphatic heterocycles. The van der Waals surface area contributed by atoms with Crippen LogP contribution in [-0.4, -0.2) is 6.36 Å². The highest BCUT2D eigenvalue weighted by molar-refractivity contribution is 5.43. The molecular weight excluding hydrogens is 303 g/mol. The molecule has 0 saturated heterocycles. The molecule has 0 heterocycles. The molecule has 0 aromatic heterocycles. The van der Waals surface area contributed by atoms with Crippen LogP contribution in [-0.2, 0) is 5.41 Å². The van der Waals surface area contributed by atoms with Crippen molar-refractivity contribution < 1.29 is 17.9 Å². The molecule has 1 aromatic carbocycles. The normalized spacial score (nSPS) is 27.0. The number of allylic oxidation sites excluding steroid dienone is 5. The van der Waals surface area contributed by atoms with Crippen LogP contribution in [0.1, 0.15) is 25.3 Å². The fourth-order valence-corrected chi connectivity index (χ4v) is 3.28.